The third kappa shape index (κ3) is 3.59. The highest BCUT2D eigenvalue weighted by Crippen LogP contribution is 2.32. The first kappa shape index (κ1) is 18.6. The van der Waals surface area contributed by atoms with E-state index in [2.05, 4.69) is 15.5 Å². The van der Waals surface area contributed by atoms with Crippen LogP contribution in [-0.2, 0) is 18.4 Å². The Bertz CT molecular complexity index is 1230. The van der Waals surface area contributed by atoms with E-state index >= 15 is 0 Å². The molecule has 1 aliphatic rings. The van der Waals surface area contributed by atoms with E-state index in [9.17, 15) is 4.79 Å². The van der Waals surface area contributed by atoms with E-state index in [1.165, 1.54) is 11.8 Å². The summed E-state index contributed by atoms with van der Waals surface area (Å²) in [6.07, 6.45) is 0. The predicted molar refractivity (Wildman–Crippen MR) is 111 cm³/mol. The van der Waals surface area contributed by atoms with Crippen LogP contribution in [0.5, 0.6) is 11.5 Å². The van der Waals surface area contributed by atoms with Gasteiger partial charge in [-0.15, -0.1) is 10.2 Å². The number of carbonyl (C=O) groups is 1. The van der Waals surface area contributed by atoms with Crippen molar-refractivity contribution in [1.82, 2.24) is 20.1 Å². The summed E-state index contributed by atoms with van der Waals surface area (Å²) in [7, 11) is 1.96. The molecule has 1 aliphatic heterocycles. The molecule has 0 saturated heterocycles. The van der Waals surface area contributed by atoms with Gasteiger partial charge in [0.1, 0.15) is 5.69 Å². The van der Waals surface area contributed by atoms with E-state index in [1.54, 1.807) is 0 Å². The van der Waals surface area contributed by atoms with Crippen molar-refractivity contribution in [2.45, 2.75) is 11.8 Å². The molecule has 9 heteroatoms. The van der Waals surface area contributed by atoms with E-state index in [-0.39, 0.29) is 18.5 Å². The Labute approximate surface area is 176 Å². The summed E-state index contributed by atoms with van der Waals surface area (Å²) in [6, 6.07) is 15.7. The van der Waals surface area contributed by atoms with Crippen molar-refractivity contribution < 1.29 is 18.7 Å². The zero-order valence-electron chi connectivity index (χ0n) is 16.1. The Balaban J connectivity index is 1.18. The van der Waals surface area contributed by atoms with Gasteiger partial charge in [-0.1, -0.05) is 36.0 Å². The summed E-state index contributed by atoms with van der Waals surface area (Å²) in [4.78, 5) is 12.2. The molecule has 0 aliphatic carbocycles. The molecule has 5 rings (SSSR count). The van der Waals surface area contributed by atoms with Gasteiger partial charge in [0, 0.05) is 24.5 Å². The molecular weight excluding hydrogens is 404 g/mol. The third-order valence-corrected chi connectivity index (χ3v) is 5.65. The average molecular weight is 422 g/mol. The quantitative estimate of drug-likeness (QED) is 0.476. The maximum atomic E-state index is 12.2. The number of benzene rings is 2. The van der Waals surface area contributed by atoms with E-state index in [0.29, 0.717) is 23.4 Å². The molecule has 8 nitrogen and oxygen atoms in total. The molecule has 3 heterocycles. The second-order valence-corrected chi connectivity index (χ2v) is 7.70. The minimum absolute atomic E-state index is 0.123. The smallest absolute Gasteiger partial charge is 0.277 e. The van der Waals surface area contributed by atoms with Crippen LogP contribution in [0.25, 0.3) is 22.5 Å². The molecular formula is C21H18N4O4S. The Kier molecular flexibility index (Phi) is 4.80. The fraction of sp³-hybridized carbons (Fsp3) is 0.190. The summed E-state index contributed by atoms with van der Waals surface area (Å²) in [6.45, 7) is 0.633. The fourth-order valence-electron chi connectivity index (χ4n) is 3.30. The molecule has 0 bridgehead atoms. The molecule has 1 N–H and O–H groups in total. The lowest BCUT2D eigenvalue weighted by Crippen LogP contribution is -2.24. The Morgan fingerprint density at radius 2 is 2.00 bits per heavy atom. The molecule has 0 spiro atoms. The van der Waals surface area contributed by atoms with E-state index in [1.807, 2.05) is 60.1 Å². The minimum atomic E-state index is -0.123. The number of carbonyl (C=O) groups excluding carboxylic acids is 1. The molecule has 0 unspecified atom stereocenters. The zero-order valence-corrected chi connectivity index (χ0v) is 16.9. The Morgan fingerprint density at radius 1 is 1.13 bits per heavy atom. The van der Waals surface area contributed by atoms with Crippen LogP contribution in [0.15, 0.2) is 58.2 Å². The maximum Gasteiger partial charge on any atom is 0.277 e. The molecule has 1 amide bonds. The van der Waals surface area contributed by atoms with E-state index < -0.39 is 0 Å². The topological polar surface area (TPSA) is 91.4 Å². The van der Waals surface area contributed by atoms with Gasteiger partial charge in [-0.2, -0.15) is 0 Å². The molecule has 2 aromatic heterocycles. The fourth-order valence-corrected chi connectivity index (χ4v) is 3.89. The molecule has 0 fully saturated rings. The predicted octanol–water partition coefficient (Wildman–Crippen LogP) is 3.37. The van der Waals surface area contributed by atoms with E-state index in [4.69, 9.17) is 13.9 Å². The van der Waals surface area contributed by atoms with Gasteiger partial charge in [0.15, 0.2) is 11.5 Å². The lowest BCUT2D eigenvalue weighted by Gasteiger charge is -2.05. The first-order valence-electron chi connectivity index (χ1n) is 9.34. The van der Waals surface area contributed by atoms with Crippen LogP contribution in [0.1, 0.15) is 5.56 Å². The molecule has 4 aromatic rings. The van der Waals surface area contributed by atoms with Gasteiger partial charge >= 0.3 is 0 Å². The summed E-state index contributed by atoms with van der Waals surface area (Å²) < 4.78 is 18.4. The lowest BCUT2D eigenvalue weighted by atomic mass is 10.2. The number of aromatic nitrogens is 3. The maximum absolute atomic E-state index is 12.2. The standard InChI is InChI=1S/C21H18N4O4S/c1-25-15-5-3-2-4-14(15)9-16(25)20-23-24-21(29-20)30-11-19(26)22-10-13-6-7-17-18(8-13)28-12-27-17/h2-9H,10-12H2,1H3,(H,22,26). The number of nitrogens with one attached hydrogen (secondary N) is 1. The van der Waals surface area contributed by atoms with Crippen molar-refractivity contribution in [2.24, 2.45) is 7.05 Å². The number of para-hydroxylation sites is 1. The number of fused-ring (bicyclic) bond motifs is 2. The van der Waals surface area contributed by atoms with E-state index in [0.717, 1.165) is 27.9 Å². The molecule has 2 aromatic carbocycles. The molecule has 0 saturated carbocycles. The summed E-state index contributed by atoms with van der Waals surface area (Å²) in [5.74, 6) is 1.90. The molecule has 0 atom stereocenters. The normalized spacial score (nSPS) is 12.4. The van der Waals surface area contributed by atoms with Crippen molar-refractivity contribution >= 4 is 28.6 Å². The Hall–Kier alpha value is -3.46. The average Bonchev–Trinajstić information content (AvgIpc) is 3.49. The first-order valence-corrected chi connectivity index (χ1v) is 10.3. The third-order valence-electron chi connectivity index (χ3n) is 4.83. The number of ether oxygens (including phenoxy) is 2. The zero-order chi connectivity index (χ0) is 20.5. The van der Waals surface area contributed by atoms with Gasteiger partial charge in [-0.05, 0) is 29.8 Å². The van der Waals surface area contributed by atoms with Crippen LogP contribution in [0.2, 0.25) is 0 Å². The highest BCUT2D eigenvalue weighted by Gasteiger charge is 2.16. The van der Waals surface area contributed by atoms with Gasteiger partial charge in [0.25, 0.3) is 11.1 Å². The number of amides is 1. The van der Waals surface area contributed by atoms with Crippen molar-refractivity contribution in [3.05, 3.63) is 54.1 Å². The summed E-state index contributed by atoms with van der Waals surface area (Å²) in [5, 5.41) is 12.5. The number of hydrogen-bond acceptors (Lipinski definition) is 7. The van der Waals surface area contributed by atoms with Crippen molar-refractivity contribution in [2.75, 3.05) is 12.5 Å². The van der Waals surface area contributed by atoms with Crippen LogP contribution in [0.4, 0.5) is 0 Å². The largest absolute Gasteiger partial charge is 0.454 e. The molecule has 152 valence electrons. The Morgan fingerprint density at radius 3 is 2.90 bits per heavy atom. The van der Waals surface area contributed by atoms with Crippen molar-refractivity contribution in [3.8, 4) is 23.1 Å². The van der Waals surface area contributed by atoms with Gasteiger partial charge in [-0.3, -0.25) is 4.79 Å². The van der Waals surface area contributed by atoms with Crippen LogP contribution < -0.4 is 14.8 Å². The van der Waals surface area contributed by atoms with Crippen LogP contribution >= 0.6 is 11.8 Å². The summed E-state index contributed by atoms with van der Waals surface area (Å²) >= 11 is 1.21. The SMILES string of the molecule is Cn1c(-c2nnc(SCC(=O)NCc3ccc4c(c3)OCO4)o2)cc2ccccc21. The van der Waals surface area contributed by atoms with Crippen LogP contribution in [0.3, 0.4) is 0 Å². The number of aryl methyl sites for hydroxylation is 1. The van der Waals surface area contributed by atoms with Crippen LogP contribution in [0, 0.1) is 0 Å². The van der Waals surface area contributed by atoms with Gasteiger partial charge in [-0.25, -0.2) is 0 Å². The number of rotatable bonds is 6. The molecule has 0 radical (unpaired) electrons. The van der Waals surface area contributed by atoms with Gasteiger partial charge in [0.2, 0.25) is 12.7 Å². The molecule has 30 heavy (non-hydrogen) atoms. The minimum Gasteiger partial charge on any atom is -0.454 e. The van der Waals surface area contributed by atoms with Crippen molar-refractivity contribution in [3.63, 3.8) is 0 Å². The van der Waals surface area contributed by atoms with Gasteiger partial charge < -0.3 is 23.8 Å². The second-order valence-electron chi connectivity index (χ2n) is 6.77. The highest BCUT2D eigenvalue weighted by molar-refractivity contribution is 7.99. The highest BCUT2D eigenvalue weighted by atomic mass is 32.2. The van der Waals surface area contributed by atoms with Gasteiger partial charge in [0.05, 0.1) is 5.75 Å². The summed E-state index contributed by atoms with van der Waals surface area (Å²) in [5.41, 5.74) is 2.86. The number of nitrogens with zero attached hydrogens (tertiary/aromatic N) is 3. The number of thioether (sulfide) groups is 1. The second kappa shape index (κ2) is 7.75. The lowest BCUT2D eigenvalue weighted by molar-refractivity contribution is -0.118. The van der Waals surface area contributed by atoms with Crippen LogP contribution in [-0.4, -0.2) is 33.2 Å². The monoisotopic (exact) mass is 422 g/mol. The number of hydrogen-bond donors (Lipinski definition) is 1. The first-order chi connectivity index (χ1) is 14.7. The van der Waals surface area contributed by atoms with Crippen molar-refractivity contribution in [1.29, 1.82) is 0 Å².